The molecular formula is C21H33ClO4. The molecule has 1 N–H and O–H groups in total. The van der Waals surface area contributed by atoms with Gasteiger partial charge in [-0.05, 0) is 69.6 Å². The van der Waals surface area contributed by atoms with Gasteiger partial charge in [0.25, 0.3) is 0 Å². The van der Waals surface area contributed by atoms with Crippen LogP contribution in [0.3, 0.4) is 0 Å². The summed E-state index contributed by atoms with van der Waals surface area (Å²) in [7, 11) is 0. The summed E-state index contributed by atoms with van der Waals surface area (Å²) < 4.78 is 11.2. The standard InChI is InChI=1S/C21H33ClO4/c1-13-6-5-10-21(4)18(26-21)17(23)15-8-7-14(2)20(3,11-9-13)16(15)12-25-19(22)24/h6,14-18,23H,5,7-12H2,1-4H3/b13-6+/t14-,15-,16+,17-,18-,20+,21-/m1/s1. The van der Waals surface area contributed by atoms with E-state index in [-0.39, 0.29) is 35.6 Å². The van der Waals surface area contributed by atoms with E-state index in [0.29, 0.717) is 5.92 Å². The highest BCUT2D eigenvalue weighted by Crippen LogP contribution is 2.55. The first kappa shape index (κ1) is 20.2. The van der Waals surface area contributed by atoms with Crippen molar-refractivity contribution >= 4 is 17.0 Å². The van der Waals surface area contributed by atoms with Gasteiger partial charge in [0.05, 0.1) is 18.3 Å². The van der Waals surface area contributed by atoms with Crippen LogP contribution in [0.4, 0.5) is 4.79 Å². The molecule has 1 saturated carbocycles. The SMILES string of the molecule is C/C1=C\CC[C@@]2(C)O[C@@H]2[C@H](O)[C@@H]2CC[C@@H](C)[C@](C)(CC1)[C@H]2COC(=O)Cl. The summed E-state index contributed by atoms with van der Waals surface area (Å²) in [5.74, 6) is 0.666. The van der Waals surface area contributed by atoms with E-state index in [4.69, 9.17) is 21.1 Å². The van der Waals surface area contributed by atoms with Crippen LogP contribution in [0.2, 0.25) is 0 Å². The van der Waals surface area contributed by atoms with Crippen molar-refractivity contribution < 1.29 is 19.4 Å². The monoisotopic (exact) mass is 384 g/mol. The zero-order valence-electron chi connectivity index (χ0n) is 16.5. The molecule has 1 heterocycles. The van der Waals surface area contributed by atoms with Gasteiger partial charge < -0.3 is 14.6 Å². The fraction of sp³-hybridized carbons (Fsp3) is 0.857. The summed E-state index contributed by atoms with van der Waals surface area (Å²) in [5, 5.41) is 11.2. The van der Waals surface area contributed by atoms with Gasteiger partial charge in [0, 0.05) is 17.5 Å². The van der Waals surface area contributed by atoms with Crippen molar-refractivity contribution in [2.45, 2.75) is 84.0 Å². The first-order valence-electron chi connectivity index (χ1n) is 10.0. The van der Waals surface area contributed by atoms with Gasteiger partial charge in [-0.3, -0.25) is 0 Å². The van der Waals surface area contributed by atoms with E-state index in [1.54, 1.807) is 0 Å². The van der Waals surface area contributed by atoms with Crippen LogP contribution in [0.25, 0.3) is 0 Å². The van der Waals surface area contributed by atoms with E-state index < -0.39 is 11.5 Å². The molecular weight excluding hydrogens is 352 g/mol. The first-order chi connectivity index (χ1) is 12.2. The molecule has 0 amide bonds. The maximum atomic E-state index is 11.3. The van der Waals surface area contributed by atoms with Crippen molar-refractivity contribution in [2.24, 2.45) is 23.2 Å². The Labute approximate surface area is 162 Å². The van der Waals surface area contributed by atoms with Crippen molar-refractivity contribution in [3.63, 3.8) is 0 Å². The number of halogens is 1. The summed E-state index contributed by atoms with van der Waals surface area (Å²) in [6.45, 7) is 9.18. The van der Waals surface area contributed by atoms with Crippen LogP contribution < -0.4 is 0 Å². The van der Waals surface area contributed by atoms with E-state index >= 15 is 0 Å². The number of carbonyl (C=O) groups excluding carboxylic acids is 1. The van der Waals surface area contributed by atoms with Crippen LogP contribution in [0, 0.1) is 23.2 Å². The molecule has 26 heavy (non-hydrogen) atoms. The van der Waals surface area contributed by atoms with Gasteiger partial charge in [-0.2, -0.15) is 0 Å². The maximum Gasteiger partial charge on any atom is 0.403 e. The molecule has 0 spiro atoms. The molecule has 2 fully saturated rings. The molecule has 7 atom stereocenters. The molecule has 0 unspecified atom stereocenters. The quantitative estimate of drug-likeness (QED) is 0.410. The average Bonchev–Trinajstić information content (AvgIpc) is 3.24. The number of epoxide rings is 1. The normalized spacial score (nSPS) is 48.2. The largest absolute Gasteiger partial charge is 0.453 e. The molecule has 4 nitrogen and oxygen atoms in total. The number of hydrogen-bond donors (Lipinski definition) is 1. The second-order valence-corrected chi connectivity index (χ2v) is 9.54. The molecule has 2 aliphatic carbocycles. The van der Waals surface area contributed by atoms with Gasteiger partial charge in [-0.25, -0.2) is 4.79 Å². The van der Waals surface area contributed by atoms with E-state index in [0.717, 1.165) is 38.5 Å². The number of aliphatic hydroxyl groups is 1. The van der Waals surface area contributed by atoms with Crippen molar-refractivity contribution in [2.75, 3.05) is 6.61 Å². The van der Waals surface area contributed by atoms with Gasteiger partial charge >= 0.3 is 5.43 Å². The lowest BCUT2D eigenvalue weighted by molar-refractivity contribution is -0.0828. The Kier molecular flexibility index (Phi) is 5.77. The summed E-state index contributed by atoms with van der Waals surface area (Å²) >= 11 is 5.48. The minimum Gasteiger partial charge on any atom is -0.453 e. The van der Waals surface area contributed by atoms with Crippen molar-refractivity contribution in [3.8, 4) is 0 Å². The Morgan fingerprint density at radius 2 is 2.12 bits per heavy atom. The molecule has 2 bridgehead atoms. The zero-order valence-corrected chi connectivity index (χ0v) is 17.2. The van der Waals surface area contributed by atoms with Gasteiger partial charge in [-0.1, -0.05) is 25.5 Å². The molecule has 5 heteroatoms. The third-order valence-corrected chi connectivity index (χ3v) is 7.79. The van der Waals surface area contributed by atoms with Crippen LogP contribution in [0.1, 0.15) is 66.2 Å². The summed E-state index contributed by atoms with van der Waals surface area (Å²) in [6, 6.07) is 0. The number of aliphatic hydroxyl groups excluding tert-OH is 1. The molecule has 0 radical (unpaired) electrons. The highest BCUT2D eigenvalue weighted by Gasteiger charge is 2.60. The topological polar surface area (TPSA) is 59.1 Å². The average molecular weight is 385 g/mol. The van der Waals surface area contributed by atoms with E-state index in [1.807, 2.05) is 0 Å². The Bertz CT molecular complexity index is 576. The lowest BCUT2D eigenvalue weighted by Gasteiger charge is -2.51. The van der Waals surface area contributed by atoms with Crippen molar-refractivity contribution in [3.05, 3.63) is 11.6 Å². The number of carbonyl (C=O) groups is 1. The van der Waals surface area contributed by atoms with E-state index in [1.165, 1.54) is 5.57 Å². The van der Waals surface area contributed by atoms with Gasteiger partial charge in [0.1, 0.15) is 6.10 Å². The molecule has 0 aromatic rings. The number of ether oxygens (including phenoxy) is 2. The number of rotatable bonds is 2. The Morgan fingerprint density at radius 3 is 2.81 bits per heavy atom. The predicted molar refractivity (Wildman–Crippen MR) is 102 cm³/mol. The van der Waals surface area contributed by atoms with Gasteiger partial charge in [0.2, 0.25) is 0 Å². The maximum absolute atomic E-state index is 11.3. The van der Waals surface area contributed by atoms with Crippen molar-refractivity contribution in [1.29, 1.82) is 0 Å². The molecule has 3 aliphatic rings. The first-order valence-corrected chi connectivity index (χ1v) is 10.4. The lowest BCUT2D eigenvalue weighted by atomic mass is 9.54. The van der Waals surface area contributed by atoms with Gasteiger partial charge in [0.15, 0.2) is 0 Å². The van der Waals surface area contributed by atoms with E-state index in [9.17, 15) is 9.90 Å². The number of allylic oxidation sites excluding steroid dienone is 2. The lowest BCUT2D eigenvalue weighted by Crippen LogP contribution is -2.50. The van der Waals surface area contributed by atoms with Crippen LogP contribution in [0.5, 0.6) is 0 Å². The second-order valence-electron chi connectivity index (χ2n) is 9.23. The minimum absolute atomic E-state index is 0.00414. The van der Waals surface area contributed by atoms with E-state index in [2.05, 4.69) is 33.8 Å². The molecule has 0 aromatic heterocycles. The molecule has 0 aromatic carbocycles. The molecule has 1 saturated heterocycles. The molecule has 1 aliphatic heterocycles. The smallest absolute Gasteiger partial charge is 0.403 e. The third-order valence-electron chi connectivity index (χ3n) is 7.68. The highest BCUT2D eigenvalue weighted by molar-refractivity contribution is 6.61. The predicted octanol–water partition coefficient (Wildman–Crippen LogP) is 5.07. The number of fused-ring (bicyclic) bond motifs is 3. The van der Waals surface area contributed by atoms with Crippen LogP contribution in [-0.2, 0) is 9.47 Å². The Balaban J connectivity index is 1.93. The zero-order chi connectivity index (χ0) is 19.1. The van der Waals surface area contributed by atoms with Crippen molar-refractivity contribution in [1.82, 2.24) is 0 Å². The fourth-order valence-corrected chi connectivity index (χ4v) is 5.49. The Hall–Kier alpha value is -0.580. The third kappa shape index (κ3) is 3.83. The second kappa shape index (κ2) is 7.44. The number of hydrogen-bond acceptors (Lipinski definition) is 4. The summed E-state index contributed by atoms with van der Waals surface area (Å²) in [4.78, 5) is 11.3. The molecule has 148 valence electrons. The minimum atomic E-state index is -0.761. The fourth-order valence-electron chi connectivity index (χ4n) is 5.42. The van der Waals surface area contributed by atoms with Crippen LogP contribution in [-0.4, -0.2) is 35.0 Å². The molecule has 3 rings (SSSR count). The summed E-state index contributed by atoms with van der Waals surface area (Å²) in [6.07, 6.45) is 7.71. The van der Waals surface area contributed by atoms with Crippen LogP contribution in [0.15, 0.2) is 11.6 Å². The Morgan fingerprint density at radius 1 is 1.38 bits per heavy atom. The van der Waals surface area contributed by atoms with Crippen LogP contribution >= 0.6 is 11.6 Å². The van der Waals surface area contributed by atoms with Gasteiger partial charge in [-0.15, -0.1) is 0 Å². The highest BCUT2D eigenvalue weighted by atomic mass is 35.5. The summed E-state index contributed by atoms with van der Waals surface area (Å²) in [5.41, 5.74) is 0.414.